The van der Waals surface area contributed by atoms with Gasteiger partial charge in [0.15, 0.2) is 0 Å². The highest BCUT2D eigenvalue weighted by molar-refractivity contribution is 5.85. The number of piperazine rings is 1. The number of phenols is 1. The second-order valence-electron chi connectivity index (χ2n) is 5.93. The minimum Gasteiger partial charge on any atom is -0.508 e. The first-order valence-corrected chi connectivity index (χ1v) is 7.64. The number of hydrogen-bond donors (Lipinski definition) is 2. The van der Waals surface area contributed by atoms with E-state index in [9.17, 15) is 9.90 Å². The van der Waals surface area contributed by atoms with Crippen molar-refractivity contribution in [2.75, 3.05) is 19.6 Å². The molecule has 4 nitrogen and oxygen atoms in total. The molecule has 2 aromatic rings. The summed E-state index contributed by atoms with van der Waals surface area (Å²) in [5.74, 6) is 0.411. The molecule has 2 unspecified atom stereocenters. The van der Waals surface area contributed by atoms with Crippen molar-refractivity contribution in [3.05, 3.63) is 65.2 Å². The molecule has 0 bridgehead atoms. The molecule has 2 N–H and O–H groups in total. The Balaban J connectivity index is 1.89. The molecule has 2 aliphatic rings. The van der Waals surface area contributed by atoms with Crippen LogP contribution >= 0.6 is 0 Å². The second kappa shape index (κ2) is 5.14. The minimum atomic E-state index is -0.282. The average molecular weight is 294 g/mol. The summed E-state index contributed by atoms with van der Waals surface area (Å²) in [7, 11) is 0. The summed E-state index contributed by atoms with van der Waals surface area (Å²) in [6.07, 6.45) is 0. The lowest BCUT2D eigenvalue weighted by Crippen LogP contribution is -2.53. The summed E-state index contributed by atoms with van der Waals surface area (Å²) in [4.78, 5) is 14.5. The first-order chi connectivity index (χ1) is 10.8. The van der Waals surface area contributed by atoms with Crippen molar-refractivity contribution in [3.63, 3.8) is 0 Å². The zero-order valence-corrected chi connectivity index (χ0v) is 12.2. The Labute approximate surface area is 129 Å². The van der Waals surface area contributed by atoms with Gasteiger partial charge < -0.3 is 10.4 Å². The molecule has 1 fully saturated rings. The van der Waals surface area contributed by atoms with Crippen LogP contribution in [0.2, 0.25) is 0 Å². The number of carbonyl (C=O) groups excluding carboxylic acids is 1. The summed E-state index contributed by atoms with van der Waals surface area (Å²) in [5, 5.41) is 13.3. The Morgan fingerprint density at radius 3 is 2.73 bits per heavy atom. The summed E-state index contributed by atoms with van der Waals surface area (Å²) in [6, 6.07) is 15.4. The Hall–Kier alpha value is -2.33. The third-order valence-corrected chi connectivity index (χ3v) is 4.69. The molecule has 2 aromatic carbocycles. The molecule has 0 saturated carbocycles. The largest absolute Gasteiger partial charge is 0.508 e. The van der Waals surface area contributed by atoms with Gasteiger partial charge in [-0.15, -0.1) is 0 Å². The number of aromatic hydroxyl groups is 1. The fourth-order valence-electron chi connectivity index (χ4n) is 3.72. The maximum Gasteiger partial charge on any atom is 0.242 e. The molecule has 4 heteroatoms. The highest BCUT2D eigenvalue weighted by Crippen LogP contribution is 2.43. The van der Waals surface area contributed by atoms with Crippen molar-refractivity contribution >= 4 is 5.91 Å². The molecule has 22 heavy (non-hydrogen) atoms. The molecule has 0 radical (unpaired) electrons. The van der Waals surface area contributed by atoms with Gasteiger partial charge >= 0.3 is 0 Å². The molecule has 0 spiro atoms. The molecule has 2 heterocycles. The van der Waals surface area contributed by atoms with E-state index in [4.69, 9.17) is 0 Å². The smallest absolute Gasteiger partial charge is 0.242 e. The monoisotopic (exact) mass is 294 g/mol. The van der Waals surface area contributed by atoms with Gasteiger partial charge in [0.25, 0.3) is 0 Å². The number of fused-ring (bicyclic) bond motifs is 3. The quantitative estimate of drug-likeness (QED) is 0.846. The molecular formula is C18H18N2O2. The Bertz CT molecular complexity index is 714. The SMILES string of the molecule is O=C1NCCN2CC(c3ccccc3)c3c(O)cccc3C12. The molecule has 0 aromatic heterocycles. The van der Waals surface area contributed by atoms with Crippen LogP contribution in [-0.2, 0) is 4.79 Å². The minimum absolute atomic E-state index is 0.0320. The van der Waals surface area contributed by atoms with Gasteiger partial charge in [0.1, 0.15) is 11.8 Å². The summed E-state index contributed by atoms with van der Waals surface area (Å²) >= 11 is 0. The fourth-order valence-corrected chi connectivity index (χ4v) is 3.72. The van der Waals surface area contributed by atoms with E-state index < -0.39 is 0 Å². The summed E-state index contributed by atoms with van der Waals surface area (Å²) in [5.41, 5.74) is 3.00. The van der Waals surface area contributed by atoms with Crippen LogP contribution in [-0.4, -0.2) is 35.5 Å². The van der Waals surface area contributed by atoms with Crippen LogP contribution in [0.3, 0.4) is 0 Å². The normalized spacial score (nSPS) is 24.3. The van der Waals surface area contributed by atoms with Crippen LogP contribution in [0.15, 0.2) is 48.5 Å². The summed E-state index contributed by atoms with van der Waals surface area (Å²) < 4.78 is 0. The second-order valence-corrected chi connectivity index (χ2v) is 5.93. The number of benzene rings is 2. The van der Waals surface area contributed by atoms with Crippen molar-refractivity contribution in [2.45, 2.75) is 12.0 Å². The maximum absolute atomic E-state index is 12.3. The van der Waals surface area contributed by atoms with Crippen molar-refractivity contribution in [3.8, 4) is 5.75 Å². The van der Waals surface area contributed by atoms with Gasteiger partial charge in [-0.1, -0.05) is 42.5 Å². The van der Waals surface area contributed by atoms with Gasteiger partial charge in [-0.05, 0) is 17.2 Å². The van der Waals surface area contributed by atoms with Crippen LogP contribution in [0.25, 0.3) is 0 Å². The van der Waals surface area contributed by atoms with Crippen LogP contribution in [0.5, 0.6) is 5.75 Å². The molecular weight excluding hydrogens is 276 g/mol. The van der Waals surface area contributed by atoms with Gasteiger partial charge in [-0.3, -0.25) is 9.69 Å². The number of carbonyl (C=O) groups is 1. The number of nitrogens with zero attached hydrogens (tertiary/aromatic N) is 1. The first-order valence-electron chi connectivity index (χ1n) is 7.64. The van der Waals surface area contributed by atoms with E-state index in [1.54, 1.807) is 6.07 Å². The van der Waals surface area contributed by atoms with E-state index in [1.807, 2.05) is 30.3 Å². The number of phenolic OH excluding ortho intramolecular Hbond substituents is 1. The molecule has 2 aliphatic heterocycles. The Kier molecular flexibility index (Phi) is 3.12. The van der Waals surface area contributed by atoms with Crippen LogP contribution in [0.1, 0.15) is 28.7 Å². The van der Waals surface area contributed by atoms with Gasteiger partial charge in [-0.25, -0.2) is 0 Å². The van der Waals surface area contributed by atoms with Gasteiger partial charge in [-0.2, -0.15) is 0 Å². The van der Waals surface area contributed by atoms with Crippen molar-refractivity contribution in [2.24, 2.45) is 0 Å². The lowest BCUT2D eigenvalue weighted by molar-refractivity contribution is -0.129. The van der Waals surface area contributed by atoms with Crippen molar-refractivity contribution in [1.29, 1.82) is 0 Å². The first kappa shape index (κ1) is 13.3. The van der Waals surface area contributed by atoms with E-state index in [0.29, 0.717) is 6.54 Å². The van der Waals surface area contributed by atoms with E-state index in [2.05, 4.69) is 22.3 Å². The number of nitrogens with one attached hydrogen (secondary N) is 1. The standard InChI is InChI=1S/C18H18N2O2/c21-15-8-4-7-13-16(15)14(12-5-2-1-3-6-12)11-20-10-9-19-18(22)17(13)20/h1-8,14,17,21H,9-11H2,(H,19,22). The molecule has 1 saturated heterocycles. The highest BCUT2D eigenvalue weighted by atomic mass is 16.3. The Morgan fingerprint density at radius 1 is 1.09 bits per heavy atom. The highest BCUT2D eigenvalue weighted by Gasteiger charge is 2.40. The predicted molar refractivity (Wildman–Crippen MR) is 83.7 cm³/mol. The zero-order chi connectivity index (χ0) is 15.1. The predicted octanol–water partition coefficient (Wildman–Crippen LogP) is 2.01. The topological polar surface area (TPSA) is 52.6 Å². The van der Waals surface area contributed by atoms with Crippen LogP contribution in [0.4, 0.5) is 0 Å². The molecule has 4 rings (SSSR count). The average Bonchev–Trinajstić information content (AvgIpc) is 2.55. The number of rotatable bonds is 1. The van der Waals surface area contributed by atoms with Crippen molar-refractivity contribution in [1.82, 2.24) is 10.2 Å². The molecule has 112 valence electrons. The van der Waals surface area contributed by atoms with E-state index in [-0.39, 0.29) is 23.6 Å². The zero-order valence-electron chi connectivity index (χ0n) is 12.2. The van der Waals surface area contributed by atoms with E-state index in [0.717, 1.165) is 24.2 Å². The van der Waals surface area contributed by atoms with E-state index >= 15 is 0 Å². The number of amides is 1. The molecule has 1 amide bonds. The Morgan fingerprint density at radius 2 is 1.91 bits per heavy atom. The lowest BCUT2D eigenvalue weighted by Gasteiger charge is -2.43. The van der Waals surface area contributed by atoms with Crippen LogP contribution < -0.4 is 5.32 Å². The lowest BCUT2D eigenvalue weighted by atomic mass is 9.80. The fraction of sp³-hybridized carbons (Fsp3) is 0.278. The molecule has 0 aliphatic carbocycles. The third-order valence-electron chi connectivity index (χ3n) is 4.69. The molecule has 2 atom stereocenters. The maximum atomic E-state index is 12.3. The summed E-state index contributed by atoms with van der Waals surface area (Å²) in [6.45, 7) is 2.28. The number of hydrogen-bond acceptors (Lipinski definition) is 3. The van der Waals surface area contributed by atoms with Crippen LogP contribution in [0, 0.1) is 0 Å². The van der Waals surface area contributed by atoms with Gasteiger partial charge in [0.05, 0.1) is 0 Å². The van der Waals surface area contributed by atoms with Gasteiger partial charge in [0.2, 0.25) is 5.91 Å². The van der Waals surface area contributed by atoms with Gasteiger partial charge in [0, 0.05) is 31.1 Å². The van der Waals surface area contributed by atoms with Crippen molar-refractivity contribution < 1.29 is 9.90 Å². The third kappa shape index (κ3) is 1.99. The van der Waals surface area contributed by atoms with E-state index in [1.165, 1.54) is 5.56 Å².